The monoisotopic (exact) mass is 577 g/mol. The summed E-state index contributed by atoms with van der Waals surface area (Å²) in [5.41, 5.74) is 1.93. The number of aliphatic hydroxyl groups is 2. The number of nitrogens with zero attached hydrogens (tertiary/aromatic N) is 4. The first-order chi connectivity index (χ1) is 20.4. The van der Waals surface area contributed by atoms with Crippen LogP contribution in [0.1, 0.15) is 13.2 Å². The van der Waals surface area contributed by atoms with Crippen molar-refractivity contribution in [1.82, 2.24) is 24.8 Å². The average Bonchev–Trinajstić information content (AvgIpc) is 3.71. The van der Waals surface area contributed by atoms with Gasteiger partial charge in [-0.25, -0.2) is 15.0 Å². The fourth-order valence-electron chi connectivity index (χ4n) is 4.60. The Morgan fingerprint density at radius 1 is 1.02 bits per heavy atom. The number of amides is 2. The maximum Gasteiger partial charge on any atom is 0.262 e. The molecule has 42 heavy (non-hydrogen) atoms. The lowest BCUT2D eigenvalue weighted by Gasteiger charge is -2.16. The van der Waals surface area contributed by atoms with Gasteiger partial charge < -0.3 is 45.1 Å². The summed E-state index contributed by atoms with van der Waals surface area (Å²) in [4.78, 5) is 37.5. The van der Waals surface area contributed by atoms with E-state index in [9.17, 15) is 19.8 Å². The van der Waals surface area contributed by atoms with Crippen molar-refractivity contribution in [3.05, 3.63) is 55.1 Å². The molecule has 2 aromatic heterocycles. The lowest BCUT2D eigenvalue weighted by Crippen LogP contribution is -2.42. The van der Waals surface area contributed by atoms with Gasteiger partial charge in [-0.05, 0) is 43.3 Å². The van der Waals surface area contributed by atoms with Crippen LogP contribution in [0.15, 0.2) is 55.1 Å². The van der Waals surface area contributed by atoms with Crippen molar-refractivity contribution in [2.75, 3.05) is 30.6 Å². The van der Waals surface area contributed by atoms with Gasteiger partial charge >= 0.3 is 0 Å². The lowest BCUT2D eigenvalue weighted by atomic mass is 10.1. The molecule has 0 aliphatic carbocycles. The number of carbonyl (C=O) groups excluding carboxylic acids is 2. The van der Waals surface area contributed by atoms with Gasteiger partial charge in [-0.15, -0.1) is 0 Å². The van der Waals surface area contributed by atoms with Crippen LogP contribution in [0, 0.1) is 0 Å². The highest BCUT2D eigenvalue weighted by atomic mass is 16.7. The quantitative estimate of drug-likeness (QED) is 0.190. The molecule has 4 atom stereocenters. The second-order valence-corrected chi connectivity index (χ2v) is 9.42. The summed E-state index contributed by atoms with van der Waals surface area (Å²) in [6, 6.07) is 12.0. The molecular formula is C27H27N7O8. The van der Waals surface area contributed by atoms with Gasteiger partial charge in [-0.1, -0.05) is 0 Å². The third-order valence-electron chi connectivity index (χ3n) is 6.62. The summed E-state index contributed by atoms with van der Waals surface area (Å²) >= 11 is 0. The largest absolute Gasteiger partial charge is 0.484 e. The molecule has 4 aromatic rings. The molecule has 0 saturated carbocycles. The lowest BCUT2D eigenvalue weighted by molar-refractivity contribution is -0.137. The highest BCUT2D eigenvalue weighted by Gasteiger charge is 2.47. The standard InChI is InChI=1S/C27H27N7O8/c1-2-28-26(38)23-21(36)22(37)27(42-23)34-12-31-20-24(29-11-30-25(20)34)33-14-3-6-16(7-4-14)39-10-19(35)32-15-5-8-17-18(9-15)41-13-40-17/h3-9,11-12,21-23,27,36-37H,2,10,13H2,1H3,(H,28,38)(H,32,35)(H,29,30,33)/t21-,22+,23-,27+/m0/s1. The zero-order valence-electron chi connectivity index (χ0n) is 22.3. The fraction of sp³-hybridized carbons (Fsp3) is 0.296. The van der Waals surface area contributed by atoms with Crippen molar-refractivity contribution in [1.29, 1.82) is 0 Å². The van der Waals surface area contributed by atoms with Crippen LogP contribution in [0.5, 0.6) is 17.2 Å². The van der Waals surface area contributed by atoms with Crippen molar-refractivity contribution in [3.63, 3.8) is 0 Å². The summed E-state index contributed by atoms with van der Waals surface area (Å²) in [5.74, 6) is 1.19. The number of hydrogen-bond acceptors (Lipinski definition) is 12. The topological polar surface area (TPSA) is 191 Å². The first-order valence-corrected chi connectivity index (χ1v) is 13.1. The molecule has 2 aliphatic rings. The van der Waals surface area contributed by atoms with Crippen molar-refractivity contribution >= 4 is 40.2 Å². The van der Waals surface area contributed by atoms with Crippen LogP contribution in [0.3, 0.4) is 0 Å². The molecular weight excluding hydrogens is 550 g/mol. The fourth-order valence-corrected chi connectivity index (χ4v) is 4.60. The normalized spacial score (nSPS) is 20.8. The average molecular weight is 578 g/mol. The van der Waals surface area contributed by atoms with Crippen LogP contribution < -0.4 is 30.2 Å². The Morgan fingerprint density at radius 2 is 1.81 bits per heavy atom. The zero-order chi connectivity index (χ0) is 29.2. The maximum absolute atomic E-state index is 12.3. The maximum atomic E-state index is 12.3. The molecule has 0 unspecified atom stereocenters. The summed E-state index contributed by atoms with van der Waals surface area (Å²) in [5, 5.41) is 29.4. The van der Waals surface area contributed by atoms with Crippen molar-refractivity contribution in [3.8, 4) is 17.2 Å². The Labute approximate surface area is 238 Å². The van der Waals surface area contributed by atoms with Crippen LogP contribution in [0.4, 0.5) is 17.2 Å². The smallest absolute Gasteiger partial charge is 0.262 e. The highest BCUT2D eigenvalue weighted by Crippen LogP contribution is 2.35. The molecule has 5 N–H and O–H groups in total. The molecule has 218 valence electrons. The number of rotatable bonds is 9. The zero-order valence-corrected chi connectivity index (χ0v) is 22.3. The number of benzene rings is 2. The molecule has 6 rings (SSSR count). The minimum absolute atomic E-state index is 0.150. The summed E-state index contributed by atoms with van der Waals surface area (Å²) < 4.78 is 23.3. The van der Waals surface area contributed by atoms with Gasteiger partial charge in [-0.2, -0.15) is 0 Å². The molecule has 1 fully saturated rings. The van der Waals surface area contributed by atoms with E-state index in [4.69, 9.17) is 18.9 Å². The molecule has 15 heteroatoms. The Morgan fingerprint density at radius 3 is 2.62 bits per heavy atom. The van der Waals surface area contributed by atoms with Crippen LogP contribution in [0.2, 0.25) is 0 Å². The van der Waals surface area contributed by atoms with Gasteiger partial charge in [0, 0.05) is 24.0 Å². The van der Waals surface area contributed by atoms with E-state index < -0.39 is 30.4 Å². The number of hydrogen-bond donors (Lipinski definition) is 5. The van der Waals surface area contributed by atoms with Gasteiger partial charge in [-0.3, -0.25) is 14.2 Å². The molecule has 0 bridgehead atoms. The molecule has 15 nitrogen and oxygen atoms in total. The van der Waals surface area contributed by atoms with E-state index >= 15 is 0 Å². The van der Waals surface area contributed by atoms with E-state index in [-0.39, 0.29) is 19.3 Å². The second-order valence-electron chi connectivity index (χ2n) is 9.42. The van der Waals surface area contributed by atoms with Crippen LogP contribution in [-0.2, 0) is 14.3 Å². The van der Waals surface area contributed by atoms with Crippen LogP contribution >= 0.6 is 0 Å². The first kappa shape index (κ1) is 27.2. The van der Waals surface area contributed by atoms with Crippen molar-refractivity contribution in [2.45, 2.75) is 31.5 Å². The molecule has 2 aliphatic heterocycles. The third kappa shape index (κ3) is 5.35. The highest BCUT2D eigenvalue weighted by molar-refractivity contribution is 5.92. The number of aromatic nitrogens is 4. The van der Waals surface area contributed by atoms with Crippen molar-refractivity contribution < 1.29 is 38.7 Å². The molecule has 2 aromatic carbocycles. The van der Waals surface area contributed by atoms with Gasteiger partial charge in [0.25, 0.3) is 11.8 Å². The first-order valence-electron chi connectivity index (χ1n) is 13.1. The Balaban J connectivity index is 1.08. The molecule has 1 saturated heterocycles. The van der Waals surface area contributed by atoms with Gasteiger partial charge in [0.05, 0.1) is 6.33 Å². The number of anilines is 3. The summed E-state index contributed by atoms with van der Waals surface area (Å²) in [6.07, 6.45) is -2.41. The molecule has 0 radical (unpaired) electrons. The number of imidazole rings is 1. The molecule has 4 heterocycles. The predicted octanol–water partition coefficient (Wildman–Crippen LogP) is 1.07. The minimum Gasteiger partial charge on any atom is -0.484 e. The number of likely N-dealkylation sites (N-methyl/N-ethyl adjacent to an activating group) is 1. The molecule has 2 amide bonds. The van der Waals surface area contributed by atoms with E-state index in [2.05, 4.69) is 30.9 Å². The Bertz CT molecular complexity index is 1610. The van der Waals surface area contributed by atoms with Crippen LogP contribution in [0.25, 0.3) is 11.2 Å². The number of nitrogens with one attached hydrogen (secondary N) is 3. The second kappa shape index (κ2) is 11.5. The van der Waals surface area contributed by atoms with E-state index in [1.807, 2.05) is 0 Å². The van der Waals surface area contributed by atoms with Crippen molar-refractivity contribution in [2.24, 2.45) is 0 Å². The number of aliphatic hydroxyl groups excluding tert-OH is 2. The van der Waals surface area contributed by atoms with E-state index in [1.165, 1.54) is 17.2 Å². The van der Waals surface area contributed by atoms with Gasteiger partial charge in [0.1, 0.15) is 24.3 Å². The Kier molecular flexibility index (Phi) is 7.43. The van der Waals surface area contributed by atoms with E-state index in [0.29, 0.717) is 52.1 Å². The Hall–Kier alpha value is -4.99. The van der Waals surface area contributed by atoms with Gasteiger partial charge in [0.15, 0.2) is 47.4 Å². The van der Waals surface area contributed by atoms with Crippen LogP contribution in [-0.4, -0.2) is 79.8 Å². The minimum atomic E-state index is -1.42. The van der Waals surface area contributed by atoms with E-state index in [1.54, 1.807) is 49.4 Å². The summed E-state index contributed by atoms with van der Waals surface area (Å²) in [7, 11) is 0. The van der Waals surface area contributed by atoms with Gasteiger partial charge in [0.2, 0.25) is 6.79 Å². The number of fused-ring (bicyclic) bond motifs is 2. The summed E-state index contributed by atoms with van der Waals surface area (Å²) in [6.45, 7) is 2.05. The van der Waals surface area contributed by atoms with E-state index in [0.717, 1.165) is 0 Å². The third-order valence-corrected chi connectivity index (χ3v) is 6.62. The number of ether oxygens (including phenoxy) is 4. The molecule has 0 spiro atoms. The SMILES string of the molecule is CCNC(=O)[C@H]1O[C@@H](n2cnc3c(Nc4ccc(OCC(=O)Nc5ccc6c(c5)OCO6)cc4)ncnc32)[C@H](O)[C@@H]1O. The number of carbonyl (C=O) groups is 2. The predicted molar refractivity (Wildman–Crippen MR) is 146 cm³/mol.